The zero-order valence-corrected chi connectivity index (χ0v) is 14.9. The molecule has 2 aromatic heterocycles. The molecule has 0 bridgehead atoms. The number of nitrogens with one attached hydrogen (secondary N) is 2. The number of ether oxygens (including phenoxy) is 1. The van der Waals surface area contributed by atoms with E-state index in [-0.39, 0.29) is 18.1 Å². The first-order chi connectivity index (χ1) is 12.7. The molecule has 26 heavy (non-hydrogen) atoms. The fraction of sp³-hybridized carbons (Fsp3) is 0.500. The van der Waals surface area contributed by atoms with Crippen LogP contribution in [0.3, 0.4) is 0 Å². The number of anilines is 1. The van der Waals surface area contributed by atoms with E-state index in [4.69, 9.17) is 4.74 Å². The Hall–Kier alpha value is -2.45. The van der Waals surface area contributed by atoms with Gasteiger partial charge in [0, 0.05) is 31.1 Å². The van der Waals surface area contributed by atoms with E-state index in [0.717, 1.165) is 24.3 Å². The summed E-state index contributed by atoms with van der Waals surface area (Å²) < 4.78 is 7.27. The molecule has 4 heterocycles. The van der Waals surface area contributed by atoms with Crippen molar-refractivity contribution in [2.24, 2.45) is 7.05 Å². The van der Waals surface area contributed by atoms with E-state index in [2.05, 4.69) is 25.6 Å². The van der Waals surface area contributed by atoms with Gasteiger partial charge in [0.2, 0.25) is 0 Å². The van der Waals surface area contributed by atoms with E-state index in [1.165, 1.54) is 12.8 Å². The third kappa shape index (κ3) is 3.56. The summed E-state index contributed by atoms with van der Waals surface area (Å²) in [5.74, 6) is 0.637. The monoisotopic (exact) mass is 356 g/mol. The maximum Gasteiger partial charge on any atom is 0.320 e. The minimum Gasteiger partial charge on any atom is -0.378 e. The molecule has 2 saturated heterocycles. The highest BCUT2D eigenvalue weighted by molar-refractivity contribution is 5.89. The molecule has 2 amide bonds. The summed E-state index contributed by atoms with van der Waals surface area (Å²) in [7, 11) is 1.81. The van der Waals surface area contributed by atoms with Crippen molar-refractivity contribution >= 4 is 11.8 Å². The zero-order chi connectivity index (χ0) is 17.9. The number of hydrogen-bond acceptors (Lipinski definition) is 5. The fourth-order valence-corrected chi connectivity index (χ4v) is 3.67. The van der Waals surface area contributed by atoms with Crippen LogP contribution in [0.2, 0.25) is 0 Å². The molecule has 2 atom stereocenters. The number of carbonyl (C=O) groups excluding carboxylic acids is 1. The lowest BCUT2D eigenvalue weighted by Gasteiger charge is -2.27. The minimum atomic E-state index is -0.231. The average Bonchev–Trinajstić information content (AvgIpc) is 3.37. The summed E-state index contributed by atoms with van der Waals surface area (Å²) in [5, 5.41) is 10.4. The molecule has 0 aliphatic carbocycles. The summed E-state index contributed by atoms with van der Waals surface area (Å²) in [4.78, 5) is 19.0. The van der Waals surface area contributed by atoms with Gasteiger partial charge < -0.3 is 10.1 Å². The number of amides is 2. The fourth-order valence-electron chi connectivity index (χ4n) is 3.67. The number of hydrogen-bond donors (Lipinski definition) is 2. The number of pyridine rings is 1. The molecule has 0 saturated carbocycles. The van der Waals surface area contributed by atoms with Gasteiger partial charge in [0.05, 0.1) is 31.0 Å². The lowest BCUT2D eigenvalue weighted by Crippen LogP contribution is -2.51. The number of nitrogens with zero attached hydrogens (tertiary/aromatic N) is 4. The van der Waals surface area contributed by atoms with Crippen molar-refractivity contribution in [3.05, 3.63) is 30.6 Å². The first-order valence-corrected chi connectivity index (χ1v) is 9.04. The van der Waals surface area contributed by atoms with Crippen molar-refractivity contribution in [3.63, 3.8) is 0 Å². The second kappa shape index (κ2) is 7.43. The van der Waals surface area contributed by atoms with E-state index in [1.807, 2.05) is 18.2 Å². The average molecular weight is 356 g/mol. The van der Waals surface area contributed by atoms with Crippen LogP contribution in [-0.2, 0) is 11.8 Å². The molecule has 0 aromatic carbocycles. The summed E-state index contributed by atoms with van der Waals surface area (Å²) in [6.45, 7) is 3.41. The summed E-state index contributed by atoms with van der Waals surface area (Å²) in [6, 6.07) is 5.70. The molecule has 8 heteroatoms. The van der Waals surface area contributed by atoms with Crippen LogP contribution in [0.1, 0.15) is 12.8 Å². The highest BCUT2D eigenvalue weighted by Crippen LogP contribution is 2.21. The van der Waals surface area contributed by atoms with Crippen LogP contribution in [0.15, 0.2) is 30.6 Å². The second-order valence-corrected chi connectivity index (χ2v) is 6.83. The van der Waals surface area contributed by atoms with Gasteiger partial charge in [-0.25, -0.2) is 4.79 Å². The largest absolute Gasteiger partial charge is 0.378 e. The summed E-state index contributed by atoms with van der Waals surface area (Å²) in [5.41, 5.74) is 1.69. The summed E-state index contributed by atoms with van der Waals surface area (Å²) in [6.07, 6.45) is 5.92. The van der Waals surface area contributed by atoms with Crippen molar-refractivity contribution in [2.45, 2.75) is 24.9 Å². The van der Waals surface area contributed by atoms with Crippen LogP contribution in [0.4, 0.5) is 10.6 Å². The number of rotatable bonds is 4. The van der Waals surface area contributed by atoms with Crippen molar-refractivity contribution < 1.29 is 9.53 Å². The van der Waals surface area contributed by atoms with E-state index < -0.39 is 0 Å². The van der Waals surface area contributed by atoms with Crippen LogP contribution >= 0.6 is 0 Å². The maximum atomic E-state index is 12.5. The molecular formula is C18H24N6O2. The van der Waals surface area contributed by atoms with Crippen LogP contribution in [0.25, 0.3) is 11.3 Å². The van der Waals surface area contributed by atoms with Gasteiger partial charge in [-0.2, -0.15) is 5.10 Å². The molecule has 8 nitrogen and oxygen atoms in total. The number of likely N-dealkylation sites (tertiary alicyclic amines) is 1. The minimum absolute atomic E-state index is 0.0131. The Morgan fingerprint density at radius 3 is 2.92 bits per heavy atom. The Kier molecular flexibility index (Phi) is 4.85. The van der Waals surface area contributed by atoms with Crippen molar-refractivity contribution in [1.82, 2.24) is 25.0 Å². The predicted molar refractivity (Wildman–Crippen MR) is 97.8 cm³/mol. The van der Waals surface area contributed by atoms with Gasteiger partial charge >= 0.3 is 6.03 Å². The zero-order valence-electron chi connectivity index (χ0n) is 14.9. The van der Waals surface area contributed by atoms with Gasteiger partial charge in [-0.1, -0.05) is 0 Å². The number of carbonyl (C=O) groups is 1. The molecule has 0 unspecified atom stereocenters. The highest BCUT2D eigenvalue weighted by atomic mass is 16.5. The standard InChI is InChI=1S/C18H24N6O2/c1-23-17(9-14(22-23)13-5-4-6-19-10-13)21-18(25)20-15-11-26-12-16(15)24-7-2-3-8-24/h4-6,9-10,15-16H,2-3,7-8,11-12H2,1H3,(H2,20,21,25)/t15-,16-/m1/s1. The topological polar surface area (TPSA) is 84.3 Å². The van der Waals surface area contributed by atoms with E-state index in [0.29, 0.717) is 19.0 Å². The number of aryl methyl sites for hydroxylation is 1. The molecule has 2 fully saturated rings. The molecule has 2 aliphatic rings. The van der Waals surface area contributed by atoms with Gasteiger partial charge in [0.25, 0.3) is 0 Å². The second-order valence-electron chi connectivity index (χ2n) is 6.83. The normalized spacial score (nSPS) is 23.3. The van der Waals surface area contributed by atoms with Crippen molar-refractivity contribution in [1.29, 1.82) is 0 Å². The lowest BCUT2D eigenvalue weighted by atomic mass is 10.1. The van der Waals surface area contributed by atoms with Crippen LogP contribution < -0.4 is 10.6 Å². The van der Waals surface area contributed by atoms with Gasteiger partial charge in [-0.05, 0) is 38.1 Å². The molecule has 0 spiro atoms. The Balaban J connectivity index is 1.39. The third-order valence-corrected chi connectivity index (χ3v) is 5.06. The molecule has 2 aromatic rings. The van der Waals surface area contributed by atoms with E-state index >= 15 is 0 Å². The molecule has 138 valence electrons. The molecule has 2 N–H and O–H groups in total. The predicted octanol–water partition coefficient (Wildman–Crippen LogP) is 1.47. The lowest BCUT2D eigenvalue weighted by molar-refractivity contribution is 0.159. The van der Waals surface area contributed by atoms with E-state index in [9.17, 15) is 4.79 Å². The Labute approximate surface area is 152 Å². The SMILES string of the molecule is Cn1nc(-c2cccnc2)cc1NC(=O)N[C@@H]1COC[C@H]1N1CCCC1. The van der Waals surface area contributed by atoms with Gasteiger partial charge in [0.1, 0.15) is 5.82 Å². The molecule has 4 rings (SSSR count). The van der Waals surface area contributed by atoms with E-state index in [1.54, 1.807) is 24.1 Å². The Bertz CT molecular complexity index is 756. The van der Waals surface area contributed by atoms with Crippen LogP contribution in [-0.4, -0.2) is 64.1 Å². The summed E-state index contributed by atoms with van der Waals surface area (Å²) >= 11 is 0. The molecular weight excluding hydrogens is 332 g/mol. The molecule has 2 aliphatic heterocycles. The quantitative estimate of drug-likeness (QED) is 0.867. The van der Waals surface area contributed by atoms with Gasteiger partial charge in [-0.15, -0.1) is 0 Å². The maximum absolute atomic E-state index is 12.5. The first kappa shape index (κ1) is 17.0. The Morgan fingerprint density at radius 1 is 1.31 bits per heavy atom. The highest BCUT2D eigenvalue weighted by Gasteiger charge is 2.35. The van der Waals surface area contributed by atoms with Crippen LogP contribution in [0, 0.1) is 0 Å². The van der Waals surface area contributed by atoms with Gasteiger partial charge in [-0.3, -0.25) is 19.9 Å². The number of urea groups is 1. The smallest absolute Gasteiger partial charge is 0.320 e. The van der Waals surface area contributed by atoms with Crippen molar-refractivity contribution in [2.75, 3.05) is 31.6 Å². The molecule has 0 radical (unpaired) electrons. The van der Waals surface area contributed by atoms with Gasteiger partial charge in [0.15, 0.2) is 0 Å². The third-order valence-electron chi connectivity index (χ3n) is 5.06. The Morgan fingerprint density at radius 2 is 2.15 bits per heavy atom. The first-order valence-electron chi connectivity index (χ1n) is 9.04. The van der Waals surface area contributed by atoms with Crippen molar-refractivity contribution in [3.8, 4) is 11.3 Å². The number of aromatic nitrogens is 3. The van der Waals surface area contributed by atoms with Crippen LogP contribution in [0.5, 0.6) is 0 Å².